The molecule has 0 unspecified atom stereocenters. The van der Waals surface area contributed by atoms with Crippen molar-refractivity contribution in [3.05, 3.63) is 74.7 Å². The van der Waals surface area contributed by atoms with E-state index in [0.717, 1.165) is 12.1 Å². The largest absolute Gasteiger partial charge is 0.456 e. The van der Waals surface area contributed by atoms with Crippen molar-refractivity contribution in [1.29, 1.82) is 0 Å². The lowest BCUT2D eigenvalue weighted by molar-refractivity contribution is 0.262. The summed E-state index contributed by atoms with van der Waals surface area (Å²) in [5.74, 6) is 0.262. The molecule has 7 nitrogen and oxygen atoms in total. The molecule has 0 aliphatic rings. The van der Waals surface area contributed by atoms with Crippen LogP contribution in [0.2, 0.25) is 20.1 Å². The number of hydrogen-bond donors (Lipinski definition) is 3. The van der Waals surface area contributed by atoms with Crippen molar-refractivity contribution in [2.45, 2.75) is 4.90 Å². The summed E-state index contributed by atoms with van der Waals surface area (Å²) < 4.78 is 38.9. The summed E-state index contributed by atoms with van der Waals surface area (Å²) in [6, 6.07) is 11.9. The SMILES string of the molecule is O=C(Nc1ccc(Cl)c(Cl)c1)Nc1cc(Cl)c(Oc2ccc(Cl)cc2)cc1S(=O)(=O)O. The Morgan fingerprint density at radius 2 is 1.52 bits per heavy atom. The van der Waals surface area contributed by atoms with E-state index in [1.54, 1.807) is 24.3 Å². The Morgan fingerprint density at radius 3 is 2.13 bits per heavy atom. The Balaban J connectivity index is 1.88. The van der Waals surface area contributed by atoms with Crippen LogP contribution in [0.3, 0.4) is 0 Å². The van der Waals surface area contributed by atoms with Crippen molar-refractivity contribution < 1.29 is 22.5 Å². The molecule has 0 heterocycles. The van der Waals surface area contributed by atoms with E-state index in [1.807, 2.05) is 0 Å². The van der Waals surface area contributed by atoms with Crippen LogP contribution in [-0.4, -0.2) is 19.0 Å². The van der Waals surface area contributed by atoms with E-state index < -0.39 is 21.0 Å². The summed E-state index contributed by atoms with van der Waals surface area (Å²) in [4.78, 5) is 11.7. The first-order chi connectivity index (χ1) is 14.5. The number of benzene rings is 3. The number of nitrogens with one attached hydrogen (secondary N) is 2. The molecule has 0 saturated heterocycles. The van der Waals surface area contributed by atoms with Gasteiger partial charge in [-0.1, -0.05) is 46.4 Å². The van der Waals surface area contributed by atoms with Gasteiger partial charge in [0.15, 0.2) is 0 Å². The maximum atomic E-state index is 12.3. The van der Waals surface area contributed by atoms with Gasteiger partial charge in [-0.25, -0.2) is 4.79 Å². The molecule has 3 aromatic rings. The van der Waals surface area contributed by atoms with Crippen molar-refractivity contribution in [1.82, 2.24) is 0 Å². The lowest BCUT2D eigenvalue weighted by Gasteiger charge is -2.14. The van der Waals surface area contributed by atoms with E-state index in [-0.39, 0.29) is 21.5 Å². The van der Waals surface area contributed by atoms with Gasteiger partial charge < -0.3 is 15.4 Å². The molecular weight excluding hydrogens is 510 g/mol. The van der Waals surface area contributed by atoms with E-state index in [1.165, 1.54) is 18.2 Å². The lowest BCUT2D eigenvalue weighted by atomic mass is 10.3. The van der Waals surface area contributed by atoms with Gasteiger partial charge in [-0.2, -0.15) is 8.42 Å². The minimum atomic E-state index is -4.74. The third kappa shape index (κ3) is 6.16. The summed E-state index contributed by atoms with van der Waals surface area (Å²) in [6.45, 7) is 0. The molecule has 0 spiro atoms. The molecule has 31 heavy (non-hydrogen) atoms. The second-order valence-electron chi connectivity index (χ2n) is 6.02. The zero-order valence-corrected chi connectivity index (χ0v) is 19.0. The molecule has 0 aliphatic carbocycles. The molecule has 3 aromatic carbocycles. The first-order valence-electron chi connectivity index (χ1n) is 8.30. The van der Waals surface area contributed by atoms with E-state index in [4.69, 9.17) is 51.1 Å². The first-order valence-corrected chi connectivity index (χ1v) is 11.3. The molecule has 0 bridgehead atoms. The zero-order valence-electron chi connectivity index (χ0n) is 15.2. The minimum Gasteiger partial charge on any atom is -0.456 e. The highest BCUT2D eigenvalue weighted by Crippen LogP contribution is 2.37. The highest BCUT2D eigenvalue weighted by molar-refractivity contribution is 7.86. The molecule has 0 saturated carbocycles. The maximum absolute atomic E-state index is 12.3. The normalized spacial score (nSPS) is 11.1. The second kappa shape index (κ2) is 9.52. The van der Waals surface area contributed by atoms with Crippen LogP contribution in [0.25, 0.3) is 0 Å². The Hall–Kier alpha value is -2.20. The van der Waals surface area contributed by atoms with Gasteiger partial charge in [0.05, 0.1) is 20.8 Å². The Kier molecular flexibility index (Phi) is 7.20. The van der Waals surface area contributed by atoms with Crippen LogP contribution in [0.4, 0.5) is 16.2 Å². The van der Waals surface area contributed by atoms with Crippen molar-refractivity contribution in [3.8, 4) is 11.5 Å². The fraction of sp³-hybridized carbons (Fsp3) is 0. The van der Waals surface area contributed by atoms with Crippen LogP contribution in [0.5, 0.6) is 11.5 Å². The van der Waals surface area contributed by atoms with Crippen LogP contribution in [0.15, 0.2) is 59.5 Å². The van der Waals surface area contributed by atoms with Gasteiger partial charge in [-0.15, -0.1) is 0 Å². The predicted octanol–water partition coefficient (Wildman–Crippen LogP) is 6.98. The average molecular weight is 522 g/mol. The number of carbonyl (C=O) groups is 1. The molecule has 3 N–H and O–H groups in total. The highest BCUT2D eigenvalue weighted by atomic mass is 35.5. The topological polar surface area (TPSA) is 105 Å². The molecule has 0 aliphatic heterocycles. The molecule has 0 atom stereocenters. The predicted molar refractivity (Wildman–Crippen MR) is 122 cm³/mol. The first kappa shape index (κ1) is 23.5. The number of carbonyl (C=O) groups excluding carboxylic acids is 1. The fourth-order valence-corrected chi connectivity index (χ4v) is 3.68. The summed E-state index contributed by atoms with van der Waals surface area (Å²) in [5, 5.41) is 5.74. The zero-order chi connectivity index (χ0) is 22.8. The van der Waals surface area contributed by atoms with Gasteiger partial charge in [0, 0.05) is 16.8 Å². The molecule has 0 aromatic heterocycles. The van der Waals surface area contributed by atoms with Gasteiger partial charge in [0.2, 0.25) is 0 Å². The van der Waals surface area contributed by atoms with Crippen LogP contribution in [0.1, 0.15) is 0 Å². The number of halogens is 4. The van der Waals surface area contributed by atoms with E-state index >= 15 is 0 Å². The number of urea groups is 1. The van der Waals surface area contributed by atoms with Gasteiger partial charge in [0.1, 0.15) is 16.4 Å². The van der Waals surface area contributed by atoms with Crippen LogP contribution in [0, 0.1) is 0 Å². The van der Waals surface area contributed by atoms with Crippen LogP contribution in [-0.2, 0) is 10.1 Å². The Bertz CT molecular complexity index is 1250. The van der Waals surface area contributed by atoms with Gasteiger partial charge in [-0.05, 0) is 48.5 Å². The van der Waals surface area contributed by atoms with Crippen molar-refractivity contribution >= 4 is 73.9 Å². The highest BCUT2D eigenvalue weighted by Gasteiger charge is 2.21. The lowest BCUT2D eigenvalue weighted by Crippen LogP contribution is -2.21. The molecule has 12 heteroatoms. The smallest absolute Gasteiger partial charge is 0.323 e. The molecular formula is C19H12Cl4N2O5S. The molecule has 3 rings (SSSR count). The van der Waals surface area contributed by atoms with Crippen molar-refractivity contribution in [2.24, 2.45) is 0 Å². The van der Waals surface area contributed by atoms with Crippen LogP contribution >= 0.6 is 46.4 Å². The van der Waals surface area contributed by atoms with Gasteiger partial charge >= 0.3 is 6.03 Å². The quantitative estimate of drug-likeness (QED) is 0.314. The minimum absolute atomic E-state index is 0.0211. The Labute approximate surface area is 197 Å². The van der Waals surface area contributed by atoms with Crippen molar-refractivity contribution in [2.75, 3.05) is 10.6 Å². The Morgan fingerprint density at radius 1 is 0.839 bits per heavy atom. The second-order valence-corrected chi connectivity index (χ2v) is 9.07. The fourth-order valence-electron chi connectivity index (χ4n) is 2.41. The third-order valence-corrected chi connectivity index (χ3v) is 5.96. The summed E-state index contributed by atoms with van der Waals surface area (Å²) >= 11 is 23.7. The van der Waals surface area contributed by atoms with E-state index in [9.17, 15) is 17.8 Å². The summed E-state index contributed by atoms with van der Waals surface area (Å²) in [7, 11) is -4.74. The number of ether oxygens (including phenoxy) is 1. The number of amides is 2. The van der Waals surface area contributed by atoms with Crippen LogP contribution < -0.4 is 15.4 Å². The molecule has 162 valence electrons. The summed E-state index contributed by atoms with van der Waals surface area (Å²) in [5.41, 5.74) is 0.0302. The number of anilines is 2. The maximum Gasteiger partial charge on any atom is 0.323 e. The number of rotatable bonds is 5. The monoisotopic (exact) mass is 520 g/mol. The van der Waals surface area contributed by atoms with Gasteiger partial charge in [-0.3, -0.25) is 4.55 Å². The van der Waals surface area contributed by atoms with Gasteiger partial charge in [0.25, 0.3) is 10.1 Å². The standard InChI is InChI=1S/C19H12Cl4N2O5S/c20-10-1-4-12(5-2-10)30-17-9-18(31(27,28)29)16(8-15(17)23)25-19(26)24-11-3-6-13(21)14(22)7-11/h1-9H,(H2,24,25,26)(H,27,28,29). The third-order valence-electron chi connectivity index (χ3n) is 3.78. The van der Waals surface area contributed by atoms with Crippen molar-refractivity contribution in [3.63, 3.8) is 0 Å². The average Bonchev–Trinajstić information content (AvgIpc) is 2.67. The van der Waals surface area contributed by atoms with E-state index in [0.29, 0.717) is 21.5 Å². The molecule has 0 fully saturated rings. The summed E-state index contributed by atoms with van der Waals surface area (Å²) in [6.07, 6.45) is 0. The molecule has 0 radical (unpaired) electrons. The number of hydrogen-bond acceptors (Lipinski definition) is 4. The molecule has 2 amide bonds. The van der Waals surface area contributed by atoms with E-state index in [2.05, 4.69) is 10.6 Å².